The Hall–Kier alpha value is -2.47. The number of fused-ring (bicyclic) bond motifs is 1. The number of amides is 2. The number of carbonyl (C=O) groups excluding carboxylic acids is 2. The van der Waals surface area contributed by atoms with Crippen LogP contribution in [0.25, 0.3) is 6.08 Å². The lowest BCUT2D eigenvalue weighted by Gasteiger charge is -2.50. The maximum atomic E-state index is 12.8. The third-order valence-electron chi connectivity index (χ3n) is 5.62. The van der Waals surface area contributed by atoms with Crippen LogP contribution in [0.1, 0.15) is 58.1 Å². The molecular weight excluding hydrogens is 382 g/mol. The van der Waals surface area contributed by atoms with Gasteiger partial charge in [0.25, 0.3) is 11.8 Å². The summed E-state index contributed by atoms with van der Waals surface area (Å²) in [4.78, 5) is 29.0. The van der Waals surface area contributed by atoms with Gasteiger partial charge in [-0.2, -0.15) is 0 Å². The molecule has 5 nitrogen and oxygen atoms in total. The number of hydrogen-bond acceptors (Lipinski definition) is 4. The van der Waals surface area contributed by atoms with Gasteiger partial charge in [0.1, 0.15) is 5.57 Å². The fourth-order valence-electron chi connectivity index (χ4n) is 4.69. The molecule has 2 heterocycles. The van der Waals surface area contributed by atoms with Crippen LogP contribution in [-0.2, 0) is 9.59 Å². The third-order valence-corrected chi connectivity index (χ3v) is 5.95. The van der Waals surface area contributed by atoms with Crippen molar-refractivity contribution in [1.29, 1.82) is 0 Å². The quantitative estimate of drug-likeness (QED) is 0.352. The predicted octanol–water partition coefficient (Wildman–Crippen LogP) is 4.00. The van der Waals surface area contributed by atoms with Gasteiger partial charge in [-0.15, -0.1) is 6.58 Å². The van der Waals surface area contributed by atoms with Gasteiger partial charge in [0.2, 0.25) is 0 Å². The number of carbonyl (C=O) groups is 2. The van der Waals surface area contributed by atoms with Crippen molar-refractivity contribution in [2.45, 2.75) is 58.5 Å². The number of anilines is 1. The molecule has 154 valence electrons. The topological polar surface area (TPSA) is 52.7 Å². The van der Waals surface area contributed by atoms with Gasteiger partial charge < -0.3 is 4.90 Å². The largest absolute Gasteiger partial charge is 0.364 e. The first-order valence-electron chi connectivity index (χ1n) is 10.00. The lowest BCUT2D eigenvalue weighted by molar-refractivity contribution is -0.128. The van der Waals surface area contributed by atoms with E-state index in [-0.39, 0.29) is 22.8 Å². The van der Waals surface area contributed by atoms with Gasteiger partial charge >= 0.3 is 0 Å². The molecule has 1 N–H and O–H groups in total. The molecule has 1 aromatic carbocycles. The van der Waals surface area contributed by atoms with Gasteiger partial charge in [0.05, 0.1) is 0 Å². The Labute approximate surface area is 178 Å². The molecule has 2 aliphatic heterocycles. The van der Waals surface area contributed by atoms with Crippen molar-refractivity contribution >= 4 is 40.9 Å². The van der Waals surface area contributed by atoms with Crippen molar-refractivity contribution in [2.24, 2.45) is 0 Å². The number of rotatable bonds is 4. The van der Waals surface area contributed by atoms with E-state index in [0.717, 1.165) is 12.0 Å². The zero-order valence-corrected chi connectivity index (χ0v) is 18.6. The second kappa shape index (κ2) is 7.75. The summed E-state index contributed by atoms with van der Waals surface area (Å²) in [6, 6.07) is 6.56. The van der Waals surface area contributed by atoms with Crippen LogP contribution in [0.3, 0.4) is 0 Å². The molecule has 2 aliphatic rings. The molecule has 1 atom stereocenters. The predicted molar refractivity (Wildman–Crippen MR) is 122 cm³/mol. The molecule has 0 unspecified atom stereocenters. The SMILES string of the molecule is C=CCN1C(=O)/C(=C\c2ccc3c(c2)[C@H](C)CC(C)(C)N3C(C)C)C(=O)NC1=S. The molecule has 0 bridgehead atoms. The average molecular weight is 412 g/mol. The normalized spacial score (nSPS) is 22.8. The fraction of sp³-hybridized carbons (Fsp3) is 0.435. The molecule has 3 rings (SSSR count). The summed E-state index contributed by atoms with van der Waals surface area (Å²) < 4.78 is 0. The van der Waals surface area contributed by atoms with Gasteiger partial charge in [-0.25, -0.2) is 0 Å². The smallest absolute Gasteiger partial charge is 0.265 e. The maximum absolute atomic E-state index is 12.8. The number of hydrogen-bond donors (Lipinski definition) is 1. The van der Waals surface area contributed by atoms with Gasteiger partial charge in [-0.3, -0.25) is 19.8 Å². The van der Waals surface area contributed by atoms with E-state index in [4.69, 9.17) is 12.2 Å². The molecule has 1 fully saturated rings. The van der Waals surface area contributed by atoms with Crippen LogP contribution < -0.4 is 10.2 Å². The molecule has 29 heavy (non-hydrogen) atoms. The molecule has 6 heteroatoms. The van der Waals surface area contributed by atoms with Crippen LogP contribution in [0.4, 0.5) is 5.69 Å². The van der Waals surface area contributed by atoms with Crippen LogP contribution >= 0.6 is 12.2 Å². The summed E-state index contributed by atoms with van der Waals surface area (Å²) >= 11 is 5.11. The van der Waals surface area contributed by atoms with Crippen molar-refractivity contribution < 1.29 is 9.59 Å². The van der Waals surface area contributed by atoms with Crippen LogP contribution in [0, 0.1) is 0 Å². The summed E-state index contributed by atoms with van der Waals surface area (Å²) in [7, 11) is 0. The first-order chi connectivity index (χ1) is 13.6. The monoisotopic (exact) mass is 411 g/mol. The molecule has 0 saturated carbocycles. The number of nitrogens with one attached hydrogen (secondary N) is 1. The summed E-state index contributed by atoms with van der Waals surface area (Å²) in [6.45, 7) is 15.1. The van der Waals surface area contributed by atoms with E-state index in [1.165, 1.54) is 16.2 Å². The molecule has 0 aromatic heterocycles. The van der Waals surface area contributed by atoms with Gasteiger partial charge in [-0.05, 0) is 81.6 Å². The van der Waals surface area contributed by atoms with E-state index >= 15 is 0 Å². The summed E-state index contributed by atoms with van der Waals surface area (Å²) in [5.74, 6) is -0.473. The van der Waals surface area contributed by atoms with E-state index in [9.17, 15) is 9.59 Å². The highest BCUT2D eigenvalue weighted by atomic mass is 32.1. The first kappa shape index (κ1) is 21.2. The van der Waals surface area contributed by atoms with Crippen molar-refractivity contribution in [2.75, 3.05) is 11.4 Å². The Morgan fingerprint density at radius 1 is 1.34 bits per heavy atom. The second-order valence-corrected chi connectivity index (χ2v) is 9.11. The summed E-state index contributed by atoms with van der Waals surface area (Å²) in [6.07, 6.45) is 4.28. The minimum absolute atomic E-state index is 0.0701. The molecule has 0 radical (unpaired) electrons. The van der Waals surface area contributed by atoms with Crippen LogP contribution in [0.5, 0.6) is 0 Å². The molecular formula is C23H29N3O2S. The van der Waals surface area contributed by atoms with Crippen molar-refractivity contribution in [1.82, 2.24) is 10.2 Å². The standard InChI is InChI=1S/C23H29N3O2S/c1-7-10-25-21(28)18(20(27)24-22(25)29)12-16-8-9-19-17(11-16)15(4)13-23(5,6)26(19)14(2)3/h7-9,11-12,14-15H,1,10,13H2,2-6H3,(H,24,27,29)/b18-12-/t15-/m1/s1. The number of benzene rings is 1. The highest BCUT2D eigenvalue weighted by molar-refractivity contribution is 7.80. The Balaban J connectivity index is 2.02. The minimum Gasteiger partial charge on any atom is -0.364 e. The van der Waals surface area contributed by atoms with Gasteiger partial charge in [-0.1, -0.05) is 19.1 Å². The van der Waals surface area contributed by atoms with Crippen molar-refractivity contribution in [3.63, 3.8) is 0 Å². The Bertz CT molecular complexity index is 917. The minimum atomic E-state index is -0.462. The second-order valence-electron chi connectivity index (χ2n) is 8.72. The van der Waals surface area contributed by atoms with Gasteiger partial charge in [0.15, 0.2) is 5.11 Å². The fourth-order valence-corrected chi connectivity index (χ4v) is 4.94. The van der Waals surface area contributed by atoms with Crippen molar-refractivity contribution in [3.05, 3.63) is 47.6 Å². The average Bonchev–Trinajstić information content (AvgIpc) is 2.61. The van der Waals surface area contributed by atoms with Crippen LogP contribution in [-0.4, -0.2) is 40.0 Å². The van der Waals surface area contributed by atoms with Crippen LogP contribution in [0.2, 0.25) is 0 Å². The third kappa shape index (κ3) is 3.86. The molecule has 0 spiro atoms. The van der Waals surface area contributed by atoms with Gasteiger partial charge in [0, 0.05) is 23.8 Å². The first-order valence-corrected chi connectivity index (χ1v) is 10.4. The molecule has 1 aromatic rings. The Kier molecular flexibility index (Phi) is 5.68. The highest BCUT2D eigenvalue weighted by Gasteiger charge is 2.38. The summed E-state index contributed by atoms with van der Waals surface area (Å²) in [5.41, 5.74) is 3.46. The molecule has 1 saturated heterocycles. The van der Waals surface area contributed by atoms with E-state index in [1.54, 1.807) is 12.2 Å². The Morgan fingerprint density at radius 3 is 2.66 bits per heavy atom. The number of nitrogens with zero attached hydrogens (tertiary/aromatic N) is 2. The highest BCUT2D eigenvalue weighted by Crippen LogP contribution is 2.44. The summed E-state index contributed by atoms with van der Waals surface area (Å²) in [5, 5.41) is 2.71. The van der Waals surface area contributed by atoms with Crippen LogP contribution in [0.15, 0.2) is 36.4 Å². The lowest BCUT2D eigenvalue weighted by Crippen LogP contribution is -2.53. The van der Waals surface area contributed by atoms with E-state index < -0.39 is 11.8 Å². The maximum Gasteiger partial charge on any atom is 0.265 e. The Morgan fingerprint density at radius 2 is 2.03 bits per heavy atom. The number of thiocarbonyl (C=S) groups is 1. The van der Waals surface area contributed by atoms with E-state index in [0.29, 0.717) is 12.0 Å². The molecule has 0 aliphatic carbocycles. The zero-order valence-electron chi connectivity index (χ0n) is 17.8. The lowest BCUT2D eigenvalue weighted by atomic mass is 9.78. The zero-order chi connectivity index (χ0) is 21.5. The van der Waals surface area contributed by atoms with Crippen molar-refractivity contribution in [3.8, 4) is 0 Å². The molecule has 2 amide bonds. The van der Waals surface area contributed by atoms with E-state index in [2.05, 4.69) is 63.5 Å². The van der Waals surface area contributed by atoms with E-state index in [1.807, 2.05) is 6.07 Å².